The number of benzene rings is 2. The maximum Gasteiger partial charge on any atom is 0.307 e. The van der Waals surface area contributed by atoms with Crippen molar-refractivity contribution in [3.63, 3.8) is 0 Å². The molecule has 0 atom stereocenters. The molecule has 1 aromatic heterocycles. The van der Waals surface area contributed by atoms with Crippen LogP contribution in [0.3, 0.4) is 0 Å². The molecule has 3 rings (SSSR count). The van der Waals surface area contributed by atoms with Crippen LogP contribution in [0, 0.1) is 0 Å². The minimum Gasteiger partial charge on any atom is -0.456 e. The standard InChI is InChI=1S/C20H19N3O6S/c1-14(24)16-8-5-9-17(12-16)30(26,27)21-11-10-19(25)28-13-18-22-20(23-29-18)15-6-3-2-4-7-15/h2-9,12,21H,10-11,13H2,1H3. The Balaban J connectivity index is 1.48. The maximum atomic E-state index is 12.3. The van der Waals surface area contributed by atoms with E-state index in [1.807, 2.05) is 30.3 Å². The smallest absolute Gasteiger partial charge is 0.307 e. The number of rotatable bonds is 9. The Hall–Kier alpha value is -3.37. The number of carbonyl (C=O) groups excluding carboxylic acids is 2. The summed E-state index contributed by atoms with van der Waals surface area (Å²) in [5.74, 6) is -0.368. The fraction of sp³-hybridized carbons (Fsp3) is 0.200. The van der Waals surface area contributed by atoms with Crippen LogP contribution < -0.4 is 4.72 Å². The molecule has 0 radical (unpaired) electrons. The number of hydrogen-bond donors (Lipinski definition) is 1. The normalized spacial score (nSPS) is 11.2. The summed E-state index contributed by atoms with van der Waals surface area (Å²) in [6, 6.07) is 14.8. The molecule has 0 saturated heterocycles. The van der Waals surface area contributed by atoms with Crippen LogP contribution in [0.4, 0.5) is 0 Å². The molecule has 0 aliphatic heterocycles. The van der Waals surface area contributed by atoms with Crippen LogP contribution in [0.25, 0.3) is 11.4 Å². The van der Waals surface area contributed by atoms with Crippen molar-refractivity contribution in [3.8, 4) is 11.4 Å². The van der Waals surface area contributed by atoms with Gasteiger partial charge in [0.25, 0.3) is 5.89 Å². The van der Waals surface area contributed by atoms with E-state index in [9.17, 15) is 18.0 Å². The number of nitrogens with zero attached hydrogens (tertiary/aromatic N) is 2. The van der Waals surface area contributed by atoms with Crippen LogP contribution in [-0.4, -0.2) is 36.9 Å². The molecule has 0 amide bonds. The molecule has 1 heterocycles. The highest BCUT2D eigenvalue weighted by Crippen LogP contribution is 2.15. The lowest BCUT2D eigenvalue weighted by molar-refractivity contribution is -0.145. The zero-order valence-electron chi connectivity index (χ0n) is 16.1. The molecule has 30 heavy (non-hydrogen) atoms. The summed E-state index contributed by atoms with van der Waals surface area (Å²) in [6.45, 7) is 0.970. The number of ether oxygens (including phenoxy) is 1. The van der Waals surface area contributed by atoms with Crippen LogP contribution in [0.1, 0.15) is 29.6 Å². The van der Waals surface area contributed by atoms with E-state index in [4.69, 9.17) is 9.26 Å². The Morgan fingerprint density at radius 3 is 2.60 bits per heavy atom. The van der Waals surface area contributed by atoms with Crippen LogP contribution in [0.5, 0.6) is 0 Å². The number of aromatic nitrogens is 2. The van der Waals surface area contributed by atoms with Gasteiger partial charge in [-0.2, -0.15) is 4.98 Å². The molecule has 2 aromatic carbocycles. The fourth-order valence-electron chi connectivity index (χ4n) is 2.49. The third-order valence-electron chi connectivity index (χ3n) is 4.03. The number of Topliss-reactive ketones (excluding diaryl/α,β-unsaturated/α-hetero) is 1. The first-order valence-electron chi connectivity index (χ1n) is 8.99. The van der Waals surface area contributed by atoms with Gasteiger partial charge in [0.15, 0.2) is 12.4 Å². The molecule has 0 saturated carbocycles. The summed E-state index contributed by atoms with van der Waals surface area (Å²) >= 11 is 0. The van der Waals surface area contributed by atoms with Gasteiger partial charge in [0, 0.05) is 17.7 Å². The maximum absolute atomic E-state index is 12.3. The number of esters is 1. The summed E-state index contributed by atoms with van der Waals surface area (Å²) in [6.07, 6.45) is -0.189. The van der Waals surface area contributed by atoms with Crippen LogP contribution in [0.15, 0.2) is 64.0 Å². The Morgan fingerprint density at radius 1 is 1.10 bits per heavy atom. The largest absolute Gasteiger partial charge is 0.456 e. The molecule has 1 N–H and O–H groups in total. The van der Waals surface area contributed by atoms with Gasteiger partial charge in [0.2, 0.25) is 15.8 Å². The molecule has 0 bridgehead atoms. The average Bonchev–Trinajstić information content (AvgIpc) is 3.22. The number of sulfonamides is 1. The molecule has 0 fully saturated rings. The lowest BCUT2D eigenvalue weighted by Crippen LogP contribution is -2.27. The fourth-order valence-corrected chi connectivity index (χ4v) is 3.56. The third-order valence-corrected chi connectivity index (χ3v) is 5.49. The van der Waals surface area contributed by atoms with Gasteiger partial charge in [-0.1, -0.05) is 47.6 Å². The van der Waals surface area contributed by atoms with Crippen molar-refractivity contribution in [1.29, 1.82) is 0 Å². The van der Waals surface area contributed by atoms with Crippen molar-refractivity contribution in [3.05, 3.63) is 66.1 Å². The third kappa shape index (κ3) is 5.58. The first-order valence-corrected chi connectivity index (χ1v) is 10.5. The van der Waals surface area contributed by atoms with Crippen molar-refractivity contribution in [2.24, 2.45) is 0 Å². The molecule has 0 aliphatic rings. The molecule has 0 aliphatic carbocycles. The van der Waals surface area contributed by atoms with Gasteiger partial charge in [-0.05, 0) is 19.1 Å². The molecule has 3 aromatic rings. The lowest BCUT2D eigenvalue weighted by Gasteiger charge is -2.07. The number of nitrogens with one attached hydrogen (secondary N) is 1. The Bertz CT molecular complexity index is 1140. The molecular weight excluding hydrogens is 410 g/mol. The zero-order valence-corrected chi connectivity index (χ0v) is 16.9. The quantitative estimate of drug-likeness (QED) is 0.405. The monoisotopic (exact) mass is 429 g/mol. The van der Waals surface area contributed by atoms with E-state index < -0.39 is 16.0 Å². The highest BCUT2D eigenvalue weighted by atomic mass is 32.2. The summed E-state index contributed by atoms with van der Waals surface area (Å²) in [5, 5.41) is 3.82. The van der Waals surface area contributed by atoms with E-state index >= 15 is 0 Å². The van der Waals surface area contributed by atoms with E-state index in [0.29, 0.717) is 5.82 Å². The number of hydrogen-bond acceptors (Lipinski definition) is 8. The Morgan fingerprint density at radius 2 is 1.87 bits per heavy atom. The van der Waals surface area contributed by atoms with Crippen molar-refractivity contribution in [2.45, 2.75) is 24.8 Å². The summed E-state index contributed by atoms with van der Waals surface area (Å²) in [4.78, 5) is 27.4. The van der Waals surface area contributed by atoms with E-state index in [-0.39, 0.29) is 41.7 Å². The highest BCUT2D eigenvalue weighted by molar-refractivity contribution is 7.89. The second-order valence-electron chi connectivity index (χ2n) is 6.27. The van der Waals surface area contributed by atoms with Gasteiger partial charge in [0.05, 0.1) is 11.3 Å². The highest BCUT2D eigenvalue weighted by Gasteiger charge is 2.16. The van der Waals surface area contributed by atoms with Crippen LogP contribution in [-0.2, 0) is 26.2 Å². The van der Waals surface area contributed by atoms with Gasteiger partial charge in [-0.15, -0.1) is 0 Å². The first-order chi connectivity index (χ1) is 14.3. The second kappa shape index (κ2) is 9.42. The Labute approximate surface area is 173 Å². The minimum absolute atomic E-state index is 0.0529. The van der Waals surface area contributed by atoms with Crippen LogP contribution in [0.2, 0.25) is 0 Å². The van der Waals surface area contributed by atoms with Gasteiger partial charge >= 0.3 is 5.97 Å². The Kier molecular flexibility index (Phi) is 6.70. The SMILES string of the molecule is CC(=O)c1cccc(S(=O)(=O)NCCC(=O)OCc2nc(-c3ccccc3)no2)c1. The summed E-state index contributed by atoms with van der Waals surface area (Å²) < 4.78 is 37.0. The van der Waals surface area contributed by atoms with Crippen LogP contribution >= 0.6 is 0 Å². The molecule has 9 nitrogen and oxygen atoms in total. The predicted octanol–water partition coefficient (Wildman–Crippen LogP) is 2.35. The second-order valence-corrected chi connectivity index (χ2v) is 8.04. The van der Waals surface area contributed by atoms with E-state index in [1.165, 1.54) is 31.2 Å². The van der Waals surface area contributed by atoms with E-state index in [1.54, 1.807) is 0 Å². The van der Waals surface area contributed by atoms with Crippen molar-refractivity contribution < 1.29 is 27.3 Å². The topological polar surface area (TPSA) is 128 Å². The van der Waals surface area contributed by atoms with Gasteiger partial charge in [0.1, 0.15) is 0 Å². The first kappa shape index (κ1) is 21.3. The molecule has 0 unspecified atom stereocenters. The van der Waals surface area contributed by atoms with Crippen molar-refractivity contribution in [1.82, 2.24) is 14.9 Å². The van der Waals surface area contributed by atoms with E-state index in [2.05, 4.69) is 14.9 Å². The lowest BCUT2D eigenvalue weighted by atomic mass is 10.2. The van der Waals surface area contributed by atoms with Gasteiger partial charge in [-0.25, -0.2) is 13.1 Å². The minimum atomic E-state index is -3.86. The molecule has 0 spiro atoms. The molecule has 156 valence electrons. The number of carbonyl (C=O) groups is 2. The van der Waals surface area contributed by atoms with Crippen molar-refractivity contribution >= 4 is 21.8 Å². The van der Waals surface area contributed by atoms with E-state index in [0.717, 1.165) is 5.56 Å². The van der Waals surface area contributed by atoms with Crippen molar-refractivity contribution in [2.75, 3.05) is 6.54 Å². The molecular formula is C20H19N3O6S. The summed E-state index contributed by atoms with van der Waals surface area (Å²) in [7, 11) is -3.86. The zero-order chi connectivity index (χ0) is 21.6. The average molecular weight is 429 g/mol. The van der Waals surface area contributed by atoms with Gasteiger partial charge < -0.3 is 9.26 Å². The molecule has 10 heteroatoms. The van der Waals surface area contributed by atoms with Gasteiger partial charge in [-0.3, -0.25) is 9.59 Å². The summed E-state index contributed by atoms with van der Waals surface area (Å²) in [5.41, 5.74) is 1.05. The number of ketones is 1. The predicted molar refractivity (Wildman–Crippen MR) is 106 cm³/mol.